The Hall–Kier alpha value is -2.31. The Balaban J connectivity index is 2.10. The van der Waals surface area contributed by atoms with Gasteiger partial charge in [-0.1, -0.05) is 42.5 Å². The van der Waals surface area contributed by atoms with Gasteiger partial charge in [0.05, 0.1) is 19.6 Å². The van der Waals surface area contributed by atoms with E-state index in [1.54, 1.807) is 7.11 Å². The maximum absolute atomic E-state index is 9.04. The van der Waals surface area contributed by atoms with E-state index in [0.717, 1.165) is 11.3 Å². The second kappa shape index (κ2) is 7.47. The van der Waals surface area contributed by atoms with Crippen LogP contribution in [0.15, 0.2) is 54.6 Å². The molecule has 3 nitrogen and oxygen atoms in total. The molecular weight excluding hydrogens is 260 g/mol. The molecule has 2 aromatic rings. The van der Waals surface area contributed by atoms with Gasteiger partial charge in [0.2, 0.25) is 0 Å². The van der Waals surface area contributed by atoms with Crippen LogP contribution in [0, 0.1) is 11.3 Å². The van der Waals surface area contributed by atoms with Crippen LogP contribution in [0.25, 0.3) is 0 Å². The van der Waals surface area contributed by atoms with Crippen LogP contribution in [0.3, 0.4) is 0 Å². The standard InChI is InChI=1S/C18H20N2O/c1-14(15-8-10-17(21-2)11-9-15)20-18(12-13-19)16-6-4-3-5-7-16/h3-11,14,18,20H,12H2,1-2H3/t14-,18?/m1/s1. The molecule has 0 aromatic heterocycles. The Morgan fingerprint density at radius 2 is 1.71 bits per heavy atom. The molecule has 0 aliphatic rings. The summed E-state index contributed by atoms with van der Waals surface area (Å²) in [5.41, 5.74) is 2.31. The van der Waals surface area contributed by atoms with Crippen molar-refractivity contribution in [2.24, 2.45) is 0 Å². The fourth-order valence-corrected chi connectivity index (χ4v) is 2.34. The maximum atomic E-state index is 9.04. The third kappa shape index (κ3) is 4.08. The fourth-order valence-electron chi connectivity index (χ4n) is 2.34. The van der Waals surface area contributed by atoms with E-state index < -0.39 is 0 Å². The molecule has 0 bridgehead atoms. The Morgan fingerprint density at radius 3 is 2.29 bits per heavy atom. The van der Waals surface area contributed by atoms with Crippen LogP contribution in [0.1, 0.15) is 36.6 Å². The van der Waals surface area contributed by atoms with E-state index in [4.69, 9.17) is 10.00 Å². The summed E-state index contributed by atoms with van der Waals surface area (Å²) >= 11 is 0. The number of nitrogens with zero attached hydrogens (tertiary/aromatic N) is 1. The molecule has 2 atom stereocenters. The number of benzene rings is 2. The van der Waals surface area contributed by atoms with Crippen molar-refractivity contribution in [3.05, 3.63) is 65.7 Å². The Bertz CT molecular complexity index is 587. The SMILES string of the molecule is COc1ccc([C@@H](C)NC(CC#N)c2ccccc2)cc1. The number of hydrogen-bond acceptors (Lipinski definition) is 3. The molecule has 0 amide bonds. The van der Waals surface area contributed by atoms with E-state index in [-0.39, 0.29) is 12.1 Å². The van der Waals surface area contributed by atoms with Crippen molar-refractivity contribution in [2.75, 3.05) is 7.11 Å². The summed E-state index contributed by atoms with van der Waals surface area (Å²) in [6.45, 7) is 2.11. The first-order valence-corrected chi connectivity index (χ1v) is 7.06. The van der Waals surface area contributed by atoms with E-state index in [1.807, 2.05) is 42.5 Å². The van der Waals surface area contributed by atoms with Gasteiger partial charge in [0.15, 0.2) is 0 Å². The van der Waals surface area contributed by atoms with E-state index in [9.17, 15) is 0 Å². The lowest BCUT2D eigenvalue weighted by Gasteiger charge is -2.22. The zero-order valence-electron chi connectivity index (χ0n) is 12.4. The molecule has 2 rings (SSSR count). The largest absolute Gasteiger partial charge is 0.497 e. The maximum Gasteiger partial charge on any atom is 0.118 e. The predicted molar refractivity (Wildman–Crippen MR) is 84.0 cm³/mol. The first-order chi connectivity index (χ1) is 10.2. The lowest BCUT2D eigenvalue weighted by molar-refractivity contribution is 0.414. The normalized spacial score (nSPS) is 13.2. The number of rotatable bonds is 6. The van der Waals surface area contributed by atoms with Crippen molar-refractivity contribution < 1.29 is 4.74 Å². The highest BCUT2D eigenvalue weighted by Gasteiger charge is 2.15. The van der Waals surface area contributed by atoms with Crippen LogP contribution >= 0.6 is 0 Å². The van der Waals surface area contributed by atoms with Crippen LogP contribution in [0.5, 0.6) is 5.75 Å². The zero-order chi connectivity index (χ0) is 15.1. The molecule has 0 fully saturated rings. The molecular formula is C18H20N2O. The quantitative estimate of drug-likeness (QED) is 0.869. The molecule has 21 heavy (non-hydrogen) atoms. The number of nitriles is 1. The highest BCUT2D eigenvalue weighted by Crippen LogP contribution is 2.23. The molecule has 0 aliphatic carbocycles. The molecule has 0 spiro atoms. The molecule has 3 heteroatoms. The Labute approximate surface area is 126 Å². The predicted octanol–water partition coefficient (Wildman–Crippen LogP) is 4.00. The van der Waals surface area contributed by atoms with Crippen LogP contribution in [-0.4, -0.2) is 7.11 Å². The van der Waals surface area contributed by atoms with E-state index in [1.165, 1.54) is 5.56 Å². The Morgan fingerprint density at radius 1 is 1.05 bits per heavy atom. The highest BCUT2D eigenvalue weighted by atomic mass is 16.5. The zero-order valence-corrected chi connectivity index (χ0v) is 12.4. The summed E-state index contributed by atoms with van der Waals surface area (Å²) in [5, 5.41) is 12.6. The average molecular weight is 280 g/mol. The topological polar surface area (TPSA) is 45.0 Å². The molecule has 0 radical (unpaired) electrons. The summed E-state index contributed by atoms with van der Waals surface area (Å²) in [7, 11) is 1.66. The Kier molecular flexibility index (Phi) is 5.36. The van der Waals surface area contributed by atoms with Crippen LogP contribution in [-0.2, 0) is 0 Å². The smallest absolute Gasteiger partial charge is 0.118 e. The van der Waals surface area contributed by atoms with Crippen molar-refractivity contribution in [1.29, 1.82) is 5.26 Å². The highest BCUT2D eigenvalue weighted by molar-refractivity contribution is 5.29. The van der Waals surface area contributed by atoms with Gasteiger partial charge in [-0.05, 0) is 30.2 Å². The number of hydrogen-bond donors (Lipinski definition) is 1. The monoisotopic (exact) mass is 280 g/mol. The fraction of sp³-hybridized carbons (Fsp3) is 0.278. The molecule has 0 saturated heterocycles. The third-order valence-corrected chi connectivity index (χ3v) is 3.56. The second-order valence-corrected chi connectivity index (χ2v) is 4.99. The van der Waals surface area contributed by atoms with Crippen molar-refractivity contribution in [1.82, 2.24) is 5.32 Å². The van der Waals surface area contributed by atoms with Gasteiger partial charge in [-0.2, -0.15) is 5.26 Å². The summed E-state index contributed by atoms with van der Waals surface area (Å²) < 4.78 is 5.17. The van der Waals surface area contributed by atoms with Crippen LogP contribution in [0.2, 0.25) is 0 Å². The van der Waals surface area contributed by atoms with Gasteiger partial charge >= 0.3 is 0 Å². The van der Waals surface area contributed by atoms with Gasteiger partial charge < -0.3 is 10.1 Å². The number of ether oxygens (including phenoxy) is 1. The lowest BCUT2D eigenvalue weighted by atomic mass is 10.0. The van der Waals surface area contributed by atoms with Gasteiger partial charge in [0.25, 0.3) is 0 Å². The van der Waals surface area contributed by atoms with Crippen molar-refractivity contribution in [3.63, 3.8) is 0 Å². The lowest BCUT2D eigenvalue weighted by Crippen LogP contribution is -2.24. The molecule has 1 unspecified atom stereocenters. The van der Waals surface area contributed by atoms with Gasteiger partial charge in [0.1, 0.15) is 5.75 Å². The summed E-state index contributed by atoms with van der Waals surface area (Å²) in [5.74, 6) is 0.850. The van der Waals surface area contributed by atoms with Gasteiger partial charge in [-0.3, -0.25) is 0 Å². The minimum Gasteiger partial charge on any atom is -0.497 e. The number of nitrogens with one attached hydrogen (secondary N) is 1. The van der Waals surface area contributed by atoms with Crippen molar-refractivity contribution in [3.8, 4) is 11.8 Å². The van der Waals surface area contributed by atoms with Crippen LogP contribution in [0.4, 0.5) is 0 Å². The first kappa shape index (κ1) is 15.1. The molecule has 0 heterocycles. The third-order valence-electron chi connectivity index (χ3n) is 3.56. The molecule has 108 valence electrons. The molecule has 1 N–H and O–H groups in total. The van der Waals surface area contributed by atoms with Gasteiger partial charge in [-0.25, -0.2) is 0 Å². The molecule has 0 saturated carbocycles. The second-order valence-electron chi connectivity index (χ2n) is 4.99. The van der Waals surface area contributed by atoms with Crippen LogP contribution < -0.4 is 10.1 Å². The van der Waals surface area contributed by atoms with Gasteiger partial charge in [-0.15, -0.1) is 0 Å². The van der Waals surface area contributed by atoms with E-state index >= 15 is 0 Å². The summed E-state index contributed by atoms with van der Waals surface area (Å²) in [6.07, 6.45) is 0.449. The van der Waals surface area contributed by atoms with E-state index in [2.05, 4.69) is 30.4 Å². The summed E-state index contributed by atoms with van der Waals surface area (Å²) in [6, 6.07) is 20.5. The van der Waals surface area contributed by atoms with E-state index in [0.29, 0.717) is 6.42 Å². The molecule has 2 aromatic carbocycles. The summed E-state index contributed by atoms with van der Waals surface area (Å²) in [4.78, 5) is 0. The van der Waals surface area contributed by atoms with Crippen molar-refractivity contribution >= 4 is 0 Å². The first-order valence-electron chi connectivity index (χ1n) is 7.06. The van der Waals surface area contributed by atoms with Crippen molar-refractivity contribution in [2.45, 2.75) is 25.4 Å². The average Bonchev–Trinajstić information content (AvgIpc) is 2.55. The molecule has 0 aliphatic heterocycles. The van der Waals surface area contributed by atoms with Gasteiger partial charge in [0, 0.05) is 12.1 Å². The minimum atomic E-state index is 0.0355. The minimum absolute atomic E-state index is 0.0355. The number of methoxy groups -OCH3 is 1.